The Morgan fingerprint density at radius 1 is 0.345 bits per heavy atom. The van der Waals surface area contributed by atoms with Crippen LogP contribution in [-0.4, -0.2) is 9.13 Å². The maximum absolute atomic E-state index is 3.46. The quantitative estimate of drug-likeness (QED) is 0.147. The molecule has 4 heteroatoms. The highest BCUT2D eigenvalue weighted by molar-refractivity contribution is 8.34. The van der Waals surface area contributed by atoms with Crippen molar-refractivity contribution in [2.75, 3.05) is 0 Å². The van der Waals surface area contributed by atoms with Gasteiger partial charge in [0.05, 0.1) is 0 Å². The molecule has 0 N–H and O–H groups in total. The number of aromatic nitrogens is 2. The number of nitrogens with zero attached hydrogens (tertiary/aromatic N) is 2. The molecule has 1 unspecified atom stereocenters. The van der Waals surface area contributed by atoms with E-state index in [9.17, 15) is 0 Å². The van der Waals surface area contributed by atoms with Gasteiger partial charge in [-0.25, -0.2) is 0 Å². The fourth-order valence-corrected chi connectivity index (χ4v) is 20.3. The molecule has 1 aliphatic heterocycles. The number of fused-ring (bicyclic) bond motifs is 14. The first-order valence-corrected chi connectivity index (χ1v) is 33.2. The summed E-state index contributed by atoms with van der Waals surface area (Å²) in [6, 6.07) is 106. The second-order valence-corrected chi connectivity index (χ2v) is 27.3. The Morgan fingerprint density at radius 2 is 0.759 bits per heavy atom. The van der Waals surface area contributed by atoms with Crippen molar-refractivity contribution in [2.45, 2.75) is 40.4 Å². The molecule has 1 atom stereocenters. The fraction of sp³-hybridized carbons (Fsp3) is 0.0602. The second-order valence-electron chi connectivity index (χ2n) is 22.1. The van der Waals surface area contributed by atoms with Gasteiger partial charge in [0.2, 0.25) is 0 Å². The van der Waals surface area contributed by atoms with E-state index in [4.69, 9.17) is 0 Å². The van der Waals surface area contributed by atoms with Crippen molar-refractivity contribution in [3.8, 4) is 38.7 Å². The topological polar surface area (TPSA) is 9.86 Å². The lowest BCUT2D eigenvalue weighted by Gasteiger charge is -2.39. The van der Waals surface area contributed by atoms with Crippen LogP contribution in [0.2, 0.25) is 0 Å². The first-order chi connectivity index (χ1) is 42.9. The molecule has 0 aliphatic carbocycles. The molecule has 4 heterocycles. The third-order valence-electron chi connectivity index (χ3n) is 17.4. The first-order valence-electron chi connectivity index (χ1n) is 30.2. The van der Waals surface area contributed by atoms with E-state index < -0.39 is 17.6 Å². The van der Waals surface area contributed by atoms with Gasteiger partial charge >= 0.3 is 0 Å². The van der Waals surface area contributed by atoms with Crippen molar-refractivity contribution in [2.24, 2.45) is 14.1 Å². The molecule has 17 rings (SSSR count). The molecule has 0 spiro atoms. The Morgan fingerprint density at radius 3 is 1.30 bits per heavy atom. The van der Waals surface area contributed by atoms with Gasteiger partial charge in [-0.1, -0.05) is 252 Å². The largest absolute Gasteiger partial charge is 0.344 e. The Balaban J connectivity index is 0.000000140. The lowest BCUT2D eigenvalue weighted by atomic mass is 9.99. The van der Waals surface area contributed by atoms with Gasteiger partial charge < -0.3 is 9.13 Å². The molecule has 420 valence electrons. The number of rotatable bonds is 6. The van der Waals surface area contributed by atoms with Crippen molar-refractivity contribution in [3.05, 3.63) is 310 Å². The van der Waals surface area contributed by atoms with Crippen LogP contribution in [0, 0.1) is 0 Å². The van der Waals surface area contributed by atoms with E-state index in [0.29, 0.717) is 0 Å². The lowest BCUT2D eigenvalue weighted by molar-refractivity contribution is 1.02. The molecule has 87 heavy (non-hydrogen) atoms. The van der Waals surface area contributed by atoms with E-state index in [1.54, 1.807) is 6.08 Å². The summed E-state index contributed by atoms with van der Waals surface area (Å²) in [5.74, 6) is 0. The molecule has 13 aromatic carbocycles. The molecule has 3 aromatic heterocycles. The van der Waals surface area contributed by atoms with Crippen LogP contribution in [0.15, 0.2) is 330 Å². The fourth-order valence-electron chi connectivity index (χ4n) is 13.4. The van der Waals surface area contributed by atoms with Crippen LogP contribution in [0.3, 0.4) is 0 Å². The van der Waals surface area contributed by atoms with Crippen molar-refractivity contribution in [3.63, 3.8) is 0 Å². The molecular weight excluding hydrogens is 1090 g/mol. The van der Waals surface area contributed by atoms with Crippen LogP contribution < -0.4 is 0 Å². The average molecular weight is 1160 g/mol. The van der Waals surface area contributed by atoms with Crippen molar-refractivity contribution >= 4 is 104 Å². The van der Waals surface area contributed by atoms with E-state index in [1.165, 1.54) is 144 Å². The zero-order valence-electron chi connectivity index (χ0n) is 49.8. The number of benzene rings is 13. The van der Waals surface area contributed by atoms with Crippen molar-refractivity contribution < 1.29 is 0 Å². The lowest BCUT2D eigenvalue weighted by Crippen LogP contribution is -2.01. The second kappa shape index (κ2) is 23.2. The van der Waals surface area contributed by atoms with Gasteiger partial charge in [-0.05, 0) is 157 Å². The molecule has 1 aliphatic rings. The van der Waals surface area contributed by atoms with Crippen LogP contribution in [0.4, 0.5) is 0 Å². The Labute approximate surface area is 512 Å². The summed E-state index contributed by atoms with van der Waals surface area (Å²) in [5, 5.41) is 17.5. The van der Waals surface area contributed by atoms with E-state index in [2.05, 4.69) is 315 Å². The van der Waals surface area contributed by atoms with Crippen LogP contribution in [0.5, 0.6) is 0 Å². The van der Waals surface area contributed by atoms with Crippen LogP contribution in [-0.2, 0) is 14.1 Å². The minimum absolute atomic E-state index is 0.559. The summed E-state index contributed by atoms with van der Waals surface area (Å²) in [5.41, 5.74) is 12.8. The van der Waals surface area contributed by atoms with Crippen LogP contribution in [0.1, 0.15) is 20.8 Å². The summed E-state index contributed by atoms with van der Waals surface area (Å²) >= 11 is 0. The van der Waals surface area contributed by atoms with Gasteiger partial charge in [0.25, 0.3) is 0 Å². The highest BCUT2D eigenvalue weighted by Gasteiger charge is 2.42. The van der Waals surface area contributed by atoms with Crippen molar-refractivity contribution in [1.29, 1.82) is 0 Å². The zero-order chi connectivity index (χ0) is 59.2. The molecule has 0 fully saturated rings. The third kappa shape index (κ3) is 9.29. The molecule has 0 amide bonds. The number of hydrogen-bond donors (Lipinski definition) is 0. The molecule has 0 saturated heterocycles. The summed E-state index contributed by atoms with van der Waals surface area (Å²) in [7, 11) is 2.16. The number of aryl methyl sites for hydroxylation is 2. The van der Waals surface area contributed by atoms with E-state index in [0.717, 1.165) is 0 Å². The van der Waals surface area contributed by atoms with Gasteiger partial charge in [-0.15, -0.1) is 10.0 Å². The van der Waals surface area contributed by atoms with Crippen LogP contribution in [0.25, 0.3) is 125 Å². The predicted molar refractivity (Wildman–Crippen MR) is 381 cm³/mol. The molecule has 0 radical (unpaired) electrons. The predicted octanol–water partition coefficient (Wildman–Crippen LogP) is 24.7. The summed E-state index contributed by atoms with van der Waals surface area (Å²) in [6.45, 7) is 9.42. The zero-order valence-corrected chi connectivity index (χ0v) is 51.5. The van der Waals surface area contributed by atoms with E-state index in [-0.39, 0.29) is 0 Å². The van der Waals surface area contributed by atoms with Crippen LogP contribution >= 0.6 is 17.6 Å². The highest BCUT2D eigenvalue weighted by atomic mass is 32.3. The Kier molecular flexibility index (Phi) is 14.7. The minimum Gasteiger partial charge on any atom is -0.344 e. The molecule has 16 aromatic rings. The first kappa shape index (κ1) is 55.0. The summed E-state index contributed by atoms with van der Waals surface area (Å²) in [6.07, 6.45) is 5.58. The molecule has 2 nitrogen and oxygen atoms in total. The van der Waals surface area contributed by atoms with Gasteiger partial charge in [0.1, 0.15) is 0 Å². The van der Waals surface area contributed by atoms with Gasteiger partial charge in [0.15, 0.2) is 0 Å². The SMILES string of the molecule is C=C/C=C\C.CC.Cn1c2cc(-c3ccc4c(c3)S(c3ccccc3)(c3ccccc3)c3ccccc3-4)ccc2c2cc3ccccc3cc21.Cn1c2cc(-c3ccc4c5ccccc5p(-c5ccccc5)c4c3)ccc2c2cc3ccccc3cc21. The standard InChI is InChI=1S/C41H29NS.C35H24NP.C5H8.C2H6/c1-42-38-26-30(20-22-34(38)37-24-28-12-8-9-13-29(28)25-39(37)42)31-21-23-36-35-18-10-11-19-40(35)43(41(36)27-31,32-14-4-2-5-15-32)33-16-6-3-7-17-33;1-36-32-21-25(15-17-28(32)31-19-23-9-5-6-10-24(23)20-33(31)36)26-16-18-30-29-13-7-8-14-34(29)37(35(30)22-26)27-11-3-2-4-12-27;1-3-5-4-2;1-2/h2-27H,1H3;2-22H,1H3;3-5H,1H2,2H3;1-2H3/b;;5-4-;. The van der Waals surface area contributed by atoms with E-state index >= 15 is 0 Å². The van der Waals surface area contributed by atoms with Gasteiger partial charge in [-0.3, -0.25) is 0 Å². The van der Waals surface area contributed by atoms with Gasteiger partial charge in [0, 0.05) is 87.5 Å². The normalized spacial score (nSPS) is 12.9. The minimum atomic E-state index is -1.67. The Hall–Kier alpha value is -9.89. The smallest absolute Gasteiger partial charge is 0.0495 e. The third-order valence-corrected chi connectivity index (χ3v) is 24.0. The molecule has 0 bridgehead atoms. The van der Waals surface area contributed by atoms with Crippen molar-refractivity contribution in [1.82, 2.24) is 9.13 Å². The maximum Gasteiger partial charge on any atom is 0.0495 e. The maximum atomic E-state index is 3.46. The Bertz CT molecular complexity index is 5260. The number of hydrogen-bond acceptors (Lipinski definition) is 0. The summed E-state index contributed by atoms with van der Waals surface area (Å²) in [4.78, 5) is 5.60. The monoisotopic (exact) mass is 1150 g/mol. The number of allylic oxidation sites excluding steroid dienone is 3. The summed E-state index contributed by atoms with van der Waals surface area (Å²) < 4.78 is 4.70. The van der Waals surface area contributed by atoms with Gasteiger partial charge in [-0.2, -0.15) is 0 Å². The highest BCUT2D eigenvalue weighted by Crippen LogP contribution is 2.80. The molecular formula is C83H67N2PS. The average Bonchev–Trinajstić information content (AvgIpc) is 2.10. The van der Waals surface area contributed by atoms with E-state index in [1.807, 2.05) is 32.9 Å². The molecule has 0 saturated carbocycles.